The fourth-order valence-corrected chi connectivity index (χ4v) is 4.18. The molecule has 0 bridgehead atoms. The Morgan fingerprint density at radius 2 is 1.63 bits per heavy atom. The predicted octanol–water partition coefficient (Wildman–Crippen LogP) is 3.51. The van der Waals surface area contributed by atoms with E-state index >= 15 is 0 Å². The molecule has 0 spiro atoms. The van der Waals surface area contributed by atoms with E-state index in [2.05, 4.69) is 15.3 Å². The highest BCUT2D eigenvalue weighted by atomic mass is 32.2. The number of methoxy groups -OCH3 is 1. The van der Waals surface area contributed by atoms with Crippen LogP contribution in [0.5, 0.6) is 5.75 Å². The maximum atomic E-state index is 12.3. The van der Waals surface area contributed by atoms with E-state index in [0.29, 0.717) is 11.0 Å². The van der Waals surface area contributed by atoms with Crippen LogP contribution in [0, 0.1) is 20.2 Å². The number of primary sulfonamides is 1. The Morgan fingerprint density at radius 1 is 0.943 bits per heavy atom. The standard InChI is InChI=1S/C21H16N6O7S/c1-34-14-10-12(9-13(11-14)26(28)29)23-21-20(24-15-5-2-3-6-16(15)25-21)19-17(27(30)31)7-4-8-18(19)35(22,32)33/h2-11H,1H3,(H,23,25)(H2,22,32,33). The number of benzene rings is 3. The maximum absolute atomic E-state index is 12.3. The molecule has 1 aromatic heterocycles. The number of hydrogen-bond donors (Lipinski definition) is 2. The third-order valence-electron chi connectivity index (χ3n) is 4.92. The molecule has 13 nitrogen and oxygen atoms in total. The van der Waals surface area contributed by atoms with Crippen LogP contribution in [-0.2, 0) is 10.0 Å². The van der Waals surface area contributed by atoms with Gasteiger partial charge in [0, 0.05) is 18.2 Å². The minimum Gasteiger partial charge on any atom is -0.496 e. The summed E-state index contributed by atoms with van der Waals surface area (Å²) in [5.41, 5.74) is -0.574. The molecule has 1 heterocycles. The van der Waals surface area contributed by atoms with Crippen molar-refractivity contribution in [2.24, 2.45) is 5.14 Å². The van der Waals surface area contributed by atoms with Gasteiger partial charge in [0.05, 0.1) is 44.6 Å². The third-order valence-corrected chi connectivity index (χ3v) is 5.87. The fraction of sp³-hybridized carbons (Fsp3) is 0.0476. The maximum Gasteiger partial charge on any atom is 0.280 e. The molecular weight excluding hydrogens is 480 g/mol. The van der Waals surface area contributed by atoms with Gasteiger partial charge in [-0.25, -0.2) is 23.5 Å². The van der Waals surface area contributed by atoms with Crippen LogP contribution in [0.25, 0.3) is 22.3 Å². The number of fused-ring (bicyclic) bond motifs is 1. The van der Waals surface area contributed by atoms with Crippen molar-refractivity contribution >= 4 is 43.9 Å². The molecule has 35 heavy (non-hydrogen) atoms. The number of nitro groups is 2. The van der Waals surface area contributed by atoms with Gasteiger partial charge in [0.2, 0.25) is 10.0 Å². The number of ether oxygens (including phenoxy) is 1. The lowest BCUT2D eigenvalue weighted by Gasteiger charge is -2.15. The molecule has 4 rings (SSSR count). The number of nitrogens with zero attached hydrogens (tertiary/aromatic N) is 4. The summed E-state index contributed by atoms with van der Waals surface area (Å²) < 4.78 is 29.8. The summed E-state index contributed by atoms with van der Waals surface area (Å²) in [6, 6.07) is 13.8. The first-order valence-electron chi connectivity index (χ1n) is 9.76. The molecule has 0 unspecified atom stereocenters. The van der Waals surface area contributed by atoms with Gasteiger partial charge in [-0.3, -0.25) is 20.2 Å². The number of rotatable bonds is 7. The second-order valence-electron chi connectivity index (χ2n) is 7.16. The van der Waals surface area contributed by atoms with Crippen LogP contribution in [-0.4, -0.2) is 35.3 Å². The van der Waals surface area contributed by atoms with Crippen molar-refractivity contribution in [3.8, 4) is 17.0 Å². The molecule has 14 heteroatoms. The van der Waals surface area contributed by atoms with E-state index in [-0.39, 0.29) is 34.2 Å². The Hall–Kier alpha value is -4.69. The second kappa shape index (κ2) is 8.92. The largest absolute Gasteiger partial charge is 0.496 e. The molecule has 0 aliphatic heterocycles. The van der Waals surface area contributed by atoms with Crippen molar-refractivity contribution in [2.75, 3.05) is 12.4 Å². The van der Waals surface area contributed by atoms with E-state index in [1.54, 1.807) is 24.3 Å². The lowest BCUT2D eigenvalue weighted by atomic mass is 10.1. The van der Waals surface area contributed by atoms with Crippen molar-refractivity contribution in [1.29, 1.82) is 0 Å². The topological polar surface area (TPSA) is 193 Å². The number of anilines is 2. The van der Waals surface area contributed by atoms with Gasteiger partial charge in [0.1, 0.15) is 17.0 Å². The predicted molar refractivity (Wildman–Crippen MR) is 126 cm³/mol. The zero-order valence-electron chi connectivity index (χ0n) is 17.9. The number of para-hydroxylation sites is 2. The van der Waals surface area contributed by atoms with Crippen molar-refractivity contribution in [3.05, 3.63) is 80.9 Å². The normalized spacial score (nSPS) is 11.3. The summed E-state index contributed by atoms with van der Waals surface area (Å²) in [6.07, 6.45) is 0. The van der Waals surface area contributed by atoms with Gasteiger partial charge in [-0.2, -0.15) is 0 Å². The van der Waals surface area contributed by atoms with Gasteiger partial charge in [0.15, 0.2) is 5.82 Å². The molecule has 0 aliphatic rings. The van der Waals surface area contributed by atoms with Crippen LogP contribution in [0.1, 0.15) is 0 Å². The Kier molecular flexibility index (Phi) is 5.98. The molecule has 4 aromatic rings. The van der Waals surface area contributed by atoms with Crippen molar-refractivity contribution in [3.63, 3.8) is 0 Å². The van der Waals surface area contributed by atoms with Crippen LogP contribution in [0.3, 0.4) is 0 Å². The molecule has 0 aliphatic carbocycles. The molecule has 0 saturated heterocycles. The summed E-state index contributed by atoms with van der Waals surface area (Å²) in [5, 5.41) is 31.4. The number of nitrogens with two attached hydrogens (primary N) is 1. The summed E-state index contributed by atoms with van der Waals surface area (Å²) in [6.45, 7) is 0. The molecule has 3 aromatic carbocycles. The third kappa shape index (κ3) is 4.68. The van der Waals surface area contributed by atoms with Crippen molar-refractivity contribution < 1.29 is 23.0 Å². The van der Waals surface area contributed by atoms with Crippen LogP contribution in [0.2, 0.25) is 0 Å². The van der Waals surface area contributed by atoms with Gasteiger partial charge in [-0.1, -0.05) is 18.2 Å². The molecule has 0 amide bonds. The van der Waals surface area contributed by atoms with Crippen molar-refractivity contribution in [2.45, 2.75) is 4.90 Å². The Balaban J connectivity index is 2.04. The van der Waals surface area contributed by atoms with Gasteiger partial charge < -0.3 is 10.1 Å². The molecular formula is C21H16N6O7S. The van der Waals surface area contributed by atoms with E-state index in [1.165, 1.54) is 31.4 Å². The summed E-state index contributed by atoms with van der Waals surface area (Å²) in [5.74, 6) is 0.0679. The van der Waals surface area contributed by atoms with E-state index in [0.717, 1.165) is 12.1 Å². The average Bonchev–Trinajstić information content (AvgIpc) is 2.82. The lowest BCUT2D eigenvalue weighted by molar-refractivity contribution is -0.384. The smallest absolute Gasteiger partial charge is 0.280 e. The van der Waals surface area contributed by atoms with Crippen LogP contribution < -0.4 is 15.2 Å². The average molecular weight is 496 g/mol. The Morgan fingerprint density at radius 3 is 2.23 bits per heavy atom. The molecule has 0 atom stereocenters. The van der Waals surface area contributed by atoms with E-state index in [1.807, 2.05) is 0 Å². The number of nitrogens with one attached hydrogen (secondary N) is 1. The van der Waals surface area contributed by atoms with E-state index in [4.69, 9.17) is 9.88 Å². The summed E-state index contributed by atoms with van der Waals surface area (Å²) >= 11 is 0. The van der Waals surface area contributed by atoms with Gasteiger partial charge in [-0.05, 0) is 18.2 Å². The number of hydrogen-bond acceptors (Lipinski definition) is 10. The highest BCUT2D eigenvalue weighted by molar-refractivity contribution is 7.89. The first-order valence-corrected chi connectivity index (χ1v) is 11.3. The minimum atomic E-state index is -4.42. The second-order valence-corrected chi connectivity index (χ2v) is 8.69. The van der Waals surface area contributed by atoms with Gasteiger partial charge >= 0.3 is 0 Å². The molecule has 0 fully saturated rings. The Labute approximate surface area is 197 Å². The highest BCUT2D eigenvalue weighted by Crippen LogP contribution is 2.39. The van der Waals surface area contributed by atoms with Crippen LogP contribution in [0.4, 0.5) is 22.9 Å². The molecule has 178 valence electrons. The summed E-state index contributed by atoms with van der Waals surface area (Å²) in [4.78, 5) is 30.2. The van der Waals surface area contributed by atoms with E-state index < -0.39 is 30.5 Å². The number of sulfonamides is 1. The fourth-order valence-electron chi connectivity index (χ4n) is 3.42. The van der Waals surface area contributed by atoms with Gasteiger partial charge in [0.25, 0.3) is 11.4 Å². The van der Waals surface area contributed by atoms with E-state index in [9.17, 15) is 28.6 Å². The molecule has 3 N–H and O–H groups in total. The number of non-ortho nitro benzene ring substituents is 1. The first-order chi connectivity index (χ1) is 16.6. The minimum absolute atomic E-state index is 0.0922. The zero-order chi connectivity index (χ0) is 25.3. The lowest BCUT2D eigenvalue weighted by Crippen LogP contribution is -2.15. The van der Waals surface area contributed by atoms with Crippen molar-refractivity contribution in [1.82, 2.24) is 9.97 Å². The van der Waals surface area contributed by atoms with Gasteiger partial charge in [-0.15, -0.1) is 0 Å². The number of aromatic nitrogens is 2. The van der Waals surface area contributed by atoms with Crippen LogP contribution >= 0.6 is 0 Å². The molecule has 0 saturated carbocycles. The number of nitro benzene ring substituents is 2. The Bertz CT molecular complexity index is 1610. The zero-order valence-corrected chi connectivity index (χ0v) is 18.7. The molecule has 0 radical (unpaired) electrons. The SMILES string of the molecule is COc1cc(Nc2nc3ccccc3nc2-c2c([N+](=O)[O-])cccc2S(N)(=O)=O)cc([N+](=O)[O-])c1. The highest BCUT2D eigenvalue weighted by Gasteiger charge is 2.29. The monoisotopic (exact) mass is 496 g/mol. The first kappa shape index (κ1) is 23.5. The van der Waals surface area contributed by atoms with Crippen LogP contribution in [0.15, 0.2) is 65.6 Å². The quantitative estimate of drug-likeness (QED) is 0.282. The summed E-state index contributed by atoms with van der Waals surface area (Å²) in [7, 11) is -3.09.